The van der Waals surface area contributed by atoms with Gasteiger partial charge in [0.1, 0.15) is 11.4 Å². The van der Waals surface area contributed by atoms with Gasteiger partial charge in [0, 0.05) is 32.0 Å². The van der Waals surface area contributed by atoms with Gasteiger partial charge in [-0.25, -0.2) is 0 Å². The molecule has 0 aliphatic carbocycles. The molecule has 3 nitrogen and oxygen atoms in total. The van der Waals surface area contributed by atoms with Crippen LogP contribution in [0, 0.1) is 0 Å². The minimum atomic E-state index is -1.23. The second kappa shape index (κ2) is 11.0. The number of nitrogens with zero attached hydrogens (tertiary/aromatic N) is 1. The minimum Gasteiger partial charge on any atom is -0.496 e. The lowest BCUT2D eigenvalue weighted by Gasteiger charge is -2.39. The van der Waals surface area contributed by atoms with Crippen LogP contribution < -0.4 is 4.74 Å². The largest absolute Gasteiger partial charge is 0.496 e. The summed E-state index contributed by atoms with van der Waals surface area (Å²) >= 11 is 13.5. The molecule has 0 bridgehead atoms. The first-order valence-electron chi connectivity index (χ1n) is 11.4. The van der Waals surface area contributed by atoms with Crippen LogP contribution in [-0.2, 0) is 5.60 Å². The molecule has 6 heteroatoms. The molecule has 2 atom stereocenters. The summed E-state index contributed by atoms with van der Waals surface area (Å²) in [6, 6.07) is 26.0. The number of rotatable bonds is 8. The predicted molar refractivity (Wildman–Crippen MR) is 153 cm³/mol. The maximum absolute atomic E-state index is 12.7. The smallest absolute Gasteiger partial charge is 0.123 e. The van der Waals surface area contributed by atoms with Crippen molar-refractivity contribution in [3.05, 3.63) is 110 Å². The fourth-order valence-electron chi connectivity index (χ4n) is 4.64. The monoisotopic (exact) mass is 615 g/mol. The van der Waals surface area contributed by atoms with Crippen molar-refractivity contribution < 1.29 is 9.84 Å². The molecule has 0 aliphatic heterocycles. The molecule has 0 amide bonds. The highest BCUT2D eigenvalue weighted by Crippen LogP contribution is 2.48. The summed E-state index contributed by atoms with van der Waals surface area (Å²) in [6.45, 7) is 0.703. The number of methoxy groups -OCH3 is 1. The molecule has 0 fully saturated rings. The number of ether oxygens (including phenoxy) is 1. The van der Waals surface area contributed by atoms with Gasteiger partial charge in [0.15, 0.2) is 0 Å². The van der Waals surface area contributed by atoms with Crippen molar-refractivity contribution in [2.24, 2.45) is 0 Å². The van der Waals surface area contributed by atoms with Gasteiger partial charge in [0.25, 0.3) is 0 Å². The van der Waals surface area contributed by atoms with Crippen LogP contribution in [0.15, 0.2) is 87.8 Å². The zero-order chi connectivity index (χ0) is 25.2. The quantitative estimate of drug-likeness (QED) is 0.218. The van der Waals surface area contributed by atoms with E-state index in [2.05, 4.69) is 55.0 Å². The number of hydrogen-bond acceptors (Lipinski definition) is 3. The van der Waals surface area contributed by atoms with Gasteiger partial charge >= 0.3 is 0 Å². The van der Waals surface area contributed by atoms with Crippen LogP contribution >= 0.6 is 43.5 Å². The number of fused-ring (bicyclic) bond motifs is 1. The van der Waals surface area contributed by atoms with Gasteiger partial charge in [-0.2, -0.15) is 0 Å². The fourth-order valence-corrected chi connectivity index (χ4v) is 5.55. The Kier molecular flexibility index (Phi) is 8.24. The van der Waals surface area contributed by atoms with E-state index in [0.29, 0.717) is 18.0 Å². The van der Waals surface area contributed by atoms with Crippen LogP contribution in [0.1, 0.15) is 29.0 Å². The Labute approximate surface area is 228 Å². The normalized spacial score (nSPS) is 14.2. The Bertz CT molecular complexity index is 1330. The van der Waals surface area contributed by atoms with E-state index in [0.717, 1.165) is 42.2 Å². The average Bonchev–Trinajstić information content (AvgIpc) is 2.83. The van der Waals surface area contributed by atoms with Gasteiger partial charge in [-0.3, -0.25) is 0 Å². The molecule has 0 radical (unpaired) electrons. The lowest BCUT2D eigenvalue weighted by atomic mass is 9.71. The van der Waals surface area contributed by atoms with Gasteiger partial charge in [0.2, 0.25) is 0 Å². The molecule has 0 saturated heterocycles. The lowest BCUT2D eigenvalue weighted by Crippen LogP contribution is -2.37. The van der Waals surface area contributed by atoms with Crippen molar-refractivity contribution in [1.82, 2.24) is 4.90 Å². The van der Waals surface area contributed by atoms with Gasteiger partial charge in [0.05, 0.1) is 7.11 Å². The first-order chi connectivity index (χ1) is 16.7. The third-order valence-corrected chi connectivity index (χ3v) is 7.65. The topological polar surface area (TPSA) is 32.7 Å². The van der Waals surface area contributed by atoms with E-state index in [9.17, 15) is 5.11 Å². The Morgan fingerprint density at radius 2 is 1.63 bits per heavy atom. The van der Waals surface area contributed by atoms with Gasteiger partial charge in [-0.1, -0.05) is 73.8 Å². The van der Waals surface area contributed by atoms with Gasteiger partial charge in [-0.05, 0) is 90.9 Å². The maximum atomic E-state index is 12.7. The van der Waals surface area contributed by atoms with E-state index >= 15 is 0 Å². The molecule has 4 aromatic carbocycles. The molecular weight excluding hydrogens is 590 g/mol. The van der Waals surface area contributed by atoms with Crippen LogP contribution in [0.3, 0.4) is 0 Å². The Morgan fingerprint density at radius 1 is 0.914 bits per heavy atom. The van der Waals surface area contributed by atoms with E-state index in [1.165, 1.54) is 0 Å². The molecule has 35 heavy (non-hydrogen) atoms. The molecule has 0 saturated carbocycles. The SMILES string of the molecule is COc1cc2ccc(Br)cc2cc1[C@@H](c1ccc(Cl)cc1)[C@@](O)(CCN(C)C)c1cccc(Br)c1. The molecule has 0 spiro atoms. The average molecular weight is 618 g/mol. The van der Waals surface area contributed by atoms with Crippen LogP contribution in [0.2, 0.25) is 5.02 Å². The van der Waals surface area contributed by atoms with Gasteiger partial charge in [-0.15, -0.1) is 0 Å². The van der Waals surface area contributed by atoms with Crippen LogP contribution in [0.4, 0.5) is 0 Å². The summed E-state index contributed by atoms with van der Waals surface area (Å²) in [5.41, 5.74) is 1.49. The van der Waals surface area contributed by atoms with E-state index in [4.69, 9.17) is 16.3 Å². The summed E-state index contributed by atoms with van der Waals surface area (Å²) in [6.07, 6.45) is 0.517. The molecule has 0 unspecified atom stereocenters. The molecule has 1 N–H and O–H groups in total. The van der Waals surface area contributed by atoms with Crippen LogP contribution in [0.25, 0.3) is 10.8 Å². The highest BCUT2D eigenvalue weighted by Gasteiger charge is 2.42. The highest BCUT2D eigenvalue weighted by atomic mass is 79.9. The Morgan fingerprint density at radius 3 is 2.29 bits per heavy atom. The summed E-state index contributed by atoms with van der Waals surface area (Å²) in [4.78, 5) is 2.09. The molecule has 182 valence electrons. The number of hydrogen-bond donors (Lipinski definition) is 1. The summed E-state index contributed by atoms with van der Waals surface area (Å²) < 4.78 is 7.84. The standard InChI is InChI=1S/C29H28Br2ClNO2/c1-33(2)14-13-29(34,22-5-4-6-23(30)18-22)28(19-8-11-25(32)12-9-19)26-16-21-15-24(31)10-7-20(21)17-27(26)35-3/h4-12,15-18,28,34H,13-14H2,1-3H3/t28-,29-/m1/s1. The fraction of sp³-hybridized carbons (Fsp3) is 0.241. The summed E-state index contributed by atoms with van der Waals surface area (Å²) in [7, 11) is 5.72. The second-order valence-electron chi connectivity index (χ2n) is 9.06. The lowest BCUT2D eigenvalue weighted by molar-refractivity contribution is 0.00389. The third-order valence-electron chi connectivity index (χ3n) is 6.41. The Hall–Kier alpha value is -1.89. The Balaban J connectivity index is 2.03. The molecular formula is C29H28Br2ClNO2. The van der Waals surface area contributed by atoms with Crippen molar-refractivity contribution in [3.63, 3.8) is 0 Å². The molecule has 0 aliphatic rings. The van der Waals surface area contributed by atoms with Crippen LogP contribution in [-0.4, -0.2) is 37.8 Å². The van der Waals surface area contributed by atoms with Crippen molar-refractivity contribution >= 4 is 54.2 Å². The van der Waals surface area contributed by atoms with Gasteiger partial charge < -0.3 is 14.7 Å². The number of aliphatic hydroxyl groups is 1. The second-order valence-corrected chi connectivity index (χ2v) is 11.3. The molecule has 4 rings (SSSR count). The van der Waals surface area contributed by atoms with Crippen LogP contribution in [0.5, 0.6) is 5.75 Å². The molecule has 0 aromatic heterocycles. The summed E-state index contributed by atoms with van der Waals surface area (Å²) in [5, 5.41) is 15.5. The number of benzene rings is 4. The maximum Gasteiger partial charge on any atom is 0.123 e. The minimum absolute atomic E-state index is 0.410. The van der Waals surface area contributed by atoms with E-state index in [1.807, 2.05) is 74.8 Å². The third kappa shape index (κ3) is 5.76. The first-order valence-corrected chi connectivity index (χ1v) is 13.3. The zero-order valence-corrected chi connectivity index (χ0v) is 23.9. The van der Waals surface area contributed by atoms with Crippen molar-refractivity contribution in [1.29, 1.82) is 0 Å². The van der Waals surface area contributed by atoms with E-state index in [-0.39, 0.29) is 0 Å². The summed E-state index contributed by atoms with van der Waals surface area (Å²) in [5.74, 6) is 0.324. The van der Waals surface area contributed by atoms with Crippen molar-refractivity contribution in [3.8, 4) is 5.75 Å². The number of halogens is 3. The molecule has 4 aromatic rings. The van der Waals surface area contributed by atoms with Crippen molar-refractivity contribution in [2.45, 2.75) is 17.9 Å². The highest BCUT2D eigenvalue weighted by molar-refractivity contribution is 9.10. The predicted octanol–water partition coefficient (Wildman–Crippen LogP) is 8.00. The van der Waals surface area contributed by atoms with Crippen molar-refractivity contribution in [2.75, 3.05) is 27.7 Å². The van der Waals surface area contributed by atoms with E-state index in [1.54, 1.807) is 7.11 Å². The first kappa shape index (κ1) is 26.2. The van der Waals surface area contributed by atoms with E-state index < -0.39 is 11.5 Å². The molecule has 0 heterocycles. The zero-order valence-electron chi connectivity index (χ0n) is 19.9.